The summed E-state index contributed by atoms with van der Waals surface area (Å²) in [5, 5.41) is 0. The molecule has 2 aromatic rings. The van der Waals surface area contributed by atoms with Crippen molar-refractivity contribution in [3.63, 3.8) is 0 Å². The molecule has 0 aromatic heterocycles. The lowest BCUT2D eigenvalue weighted by molar-refractivity contribution is -0.151. The Morgan fingerprint density at radius 1 is 1.04 bits per heavy atom. The van der Waals surface area contributed by atoms with Crippen LogP contribution in [0, 0.1) is 12.8 Å². The zero-order valence-electron chi connectivity index (χ0n) is 16.6. The van der Waals surface area contributed by atoms with E-state index < -0.39 is 11.9 Å². The van der Waals surface area contributed by atoms with Gasteiger partial charge in [0.05, 0.1) is 13.2 Å². The Balaban J connectivity index is 2.05. The topological polar surface area (TPSA) is 52.6 Å². The molecule has 0 aliphatic heterocycles. The number of para-hydroxylation sites is 1. The molecule has 1 aliphatic carbocycles. The number of hydrogen-bond donors (Lipinski definition) is 0. The van der Waals surface area contributed by atoms with Gasteiger partial charge in [-0.1, -0.05) is 48.0 Å². The van der Waals surface area contributed by atoms with E-state index in [1.165, 1.54) is 0 Å². The number of hydrogen-bond acceptors (Lipinski definition) is 4. The highest BCUT2D eigenvalue weighted by Gasteiger charge is 2.40. The van der Waals surface area contributed by atoms with Crippen molar-refractivity contribution in [2.45, 2.75) is 33.1 Å². The first-order valence-corrected chi connectivity index (χ1v) is 9.75. The van der Waals surface area contributed by atoms with Gasteiger partial charge in [0.1, 0.15) is 11.7 Å². The van der Waals surface area contributed by atoms with Crippen LogP contribution in [0.4, 0.5) is 0 Å². The summed E-state index contributed by atoms with van der Waals surface area (Å²) in [5.74, 6) is -1.15. The van der Waals surface area contributed by atoms with Crippen LogP contribution in [0.3, 0.4) is 0 Å². The van der Waals surface area contributed by atoms with E-state index in [4.69, 9.17) is 9.47 Å². The normalized spacial score (nSPS) is 19.1. The van der Waals surface area contributed by atoms with Gasteiger partial charge in [-0.15, -0.1) is 0 Å². The fourth-order valence-corrected chi connectivity index (χ4v) is 3.72. The lowest BCUT2D eigenvalue weighted by Crippen LogP contribution is -2.34. The molecule has 0 saturated heterocycles. The largest absolute Gasteiger partial charge is 0.494 e. The number of carbonyl (C=O) groups is 2. The molecule has 28 heavy (non-hydrogen) atoms. The van der Waals surface area contributed by atoms with Crippen LogP contribution in [0.5, 0.6) is 5.75 Å². The maximum atomic E-state index is 13.0. The molecule has 0 radical (unpaired) electrons. The number of carbonyl (C=O) groups excluding carboxylic acids is 2. The van der Waals surface area contributed by atoms with Crippen molar-refractivity contribution in [3.8, 4) is 5.75 Å². The second-order valence-corrected chi connectivity index (χ2v) is 6.95. The third-order valence-electron chi connectivity index (χ3n) is 5.05. The van der Waals surface area contributed by atoms with E-state index in [-0.39, 0.29) is 18.3 Å². The SMILES string of the molecule is CCOC(=O)[C@@H]1C(=O)C=C(c2ccc(C)cc2)C[C@H]1c1ccccc1OCC. The highest BCUT2D eigenvalue weighted by molar-refractivity contribution is 6.10. The van der Waals surface area contributed by atoms with Crippen molar-refractivity contribution in [1.82, 2.24) is 0 Å². The molecule has 0 heterocycles. The third kappa shape index (κ3) is 4.16. The summed E-state index contributed by atoms with van der Waals surface area (Å²) < 4.78 is 11.0. The third-order valence-corrected chi connectivity index (χ3v) is 5.05. The lowest BCUT2D eigenvalue weighted by Gasteiger charge is -2.30. The predicted octanol–water partition coefficient (Wildman–Crippen LogP) is 4.71. The molecule has 146 valence electrons. The average molecular weight is 378 g/mol. The fraction of sp³-hybridized carbons (Fsp3) is 0.333. The van der Waals surface area contributed by atoms with Gasteiger partial charge in [0.2, 0.25) is 0 Å². The second-order valence-electron chi connectivity index (χ2n) is 6.95. The summed E-state index contributed by atoms with van der Waals surface area (Å²) in [4.78, 5) is 25.6. The Bertz CT molecular complexity index is 880. The average Bonchev–Trinajstić information content (AvgIpc) is 2.69. The van der Waals surface area contributed by atoms with Gasteiger partial charge in [-0.05, 0) is 56.0 Å². The van der Waals surface area contributed by atoms with Gasteiger partial charge in [-0.3, -0.25) is 9.59 Å². The van der Waals surface area contributed by atoms with Crippen LogP contribution in [0.15, 0.2) is 54.6 Å². The zero-order valence-corrected chi connectivity index (χ0v) is 16.6. The molecule has 4 heteroatoms. The molecule has 0 bridgehead atoms. The van der Waals surface area contributed by atoms with Crippen LogP contribution in [-0.4, -0.2) is 25.0 Å². The van der Waals surface area contributed by atoms with E-state index in [0.717, 1.165) is 22.3 Å². The number of rotatable bonds is 6. The number of ketones is 1. The molecule has 0 unspecified atom stereocenters. The Kier molecular flexibility index (Phi) is 6.30. The number of esters is 1. The van der Waals surface area contributed by atoms with Gasteiger partial charge in [-0.25, -0.2) is 0 Å². The molecular formula is C24H26O4. The molecular weight excluding hydrogens is 352 g/mol. The fourth-order valence-electron chi connectivity index (χ4n) is 3.72. The van der Waals surface area contributed by atoms with Crippen LogP contribution in [0.25, 0.3) is 5.57 Å². The van der Waals surface area contributed by atoms with Gasteiger partial charge < -0.3 is 9.47 Å². The van der Waals surface area contributed by atoms with Crippen molar-refractivity contribution in [3.05, 3.63) is 71.3 Å². The number of benzene rings is 2. The van der Waals surface area contributed by atoms with Gasteiger partial charge in [-0.2, -0.15) is 0 Å². The van der Waals surface area contributed by atoms with Crippen molar-refractivity contribution in [2.24, 2.45) is 5.92 Å². The van der Waals surface area contributed by atoms with Gasteiger partial charge >= 0.3 is 5.97 Å². The minimum atomic E-state index is -0.851. The summed E-state index contributed by atoms with van der Waals surface area (Å²) in [6, 6.07) is 15.7. The molecule has 3 rings (SSSR count). The number of ether oxygens (including phenoxy) is 2. The standard InChI is InChI=1S/C24H26O4/c1-4-27-22-9-7-6-8-19(22)20-14-18(17-12-10-16(3)11-13-17)15-21(25)23(20)24(26)28-5-2/h6-13,15,20,23H,4-5,14H2,1-3H3/t20-,23-/m0/s1. The van der Waals surface area contributed by atoms with Crippen LogP contribution in [-0.2, 0) is 14.3 Å². The molecule has 2 atom stereocenters. The number of aryl methyl sites for hydroxylation is 1. The number of allylic oxidation sites excluding steroid dienone is 2. The Labute approximate surface area is 166 Å². The first-order chi connectivity index (χ1) is 13.5. The lowest BCUT2D eigenvalue weighted by atomic mass is 9.73. The molecule has 4 nitrogen and oxygen atoms in total. The maximum Gasteiger partial charge on any atom is 0.317 e. The van der Waals surface area contributed by atoms with E-state index in [9.17, 15) is 9.59 Å². The molecule has 0 amide bonds. The van der Waals surface area contributed by atoms with E-state index in [1.807, 2.05) is 62.4 Å². The van der Waals surface area contributed by atoms with Crippen molar-refractivity contribution in [1.29, 1.82) is 0 Å². The summed E-state index contributed by atoms with van der Waals surface area (Å²) in [5.41, 5.74) is 3.96. The van der Waals surface area contributed by atoms with Gasteiger partial charge in [0.25, 0.3) is 0 Å². The van der Waals surface area contributed by atoms with E-state index >= 15 is 0 Å². The van der Waals surface area contributed by atoms with Crippen molar-refractivity contribution >= 4 is 17.3 Å². The van der Waals surface area contributed by atoms with Gasteiger partial charge in [0.15, 0.2) is 5.78 Å². The first kappa shape index (κ1) is 19.9. The highest BCUT2D eigenvalue weighted by Crippen LogP contribution is 2.43. The summed E-state index contributed by atoms with van der Waals surface area (Å²) >= 11 is 0. The predicted molar refractivity (Wildman–Crippen MR) is 109 cm³/mol. The molecule has 0 N–H and O–H groups in total. The monoisotopic (exact) mass is 378 g/mol. The van der Waals surface area contributed by atoms with Crippen molar-refractivity contribution in [2.75, 3.05) is 13.2 Å². The van der Waals surface area contributed by atoms with Crippen LogP contribution >= 0.6 is 0 Å². The smallest absolute Gasteiger partial charge is 0.317 e. The van der Waals surface area contributed by atoms with Gasteiger partial charge in [0, 0.05) is 5.92 Å². The summed E-state index contributed by atoms with van der Waals surface area (Å²) in [6.45, 7) is 6.46. The van der Waals surface area contributed by atoms with Crippen LogP contribution in [0.1, 0.15) is 42.9 Å². The van der Waals surface area contributed by atoms with E-state index in [1.54, 1.807) is 13.0 Å². The summed E-state index contributed by atoms with van der Waals surface area (Å²) in [6.07, 6.45) is 2.18. The Hall–Kier alpha value is -2.88. The molecule has 0 spiro atoms. The second kappa shape index (κ2) is 8.87. The quantitative estimate of drug-likeness (QED) is 0.539. The van der Waals surface area contributed by atoms with Crippen LogP contribution < -0.4 is 4.74 Å². The zero-order chi connectivity index (χ0) is 20.1. The van der Waals surface area contributed by atoms with Crippen LogP contribution in [0.2, 0.25) is 0 Å². The summed E-state index contributed by atoms with van der Waals surface area (Å²) in [7, 11) is 0. The Morgan fingerprint density at radius 2 is 1.75 bits per heavy atom. The first-order valence-electron chi connectivity index (χ1n) is 9.75. The van der Waals surface area contributed by atoms with E-state index in [0.29, 0.717) is 18.8 Å². The molecule has 0 saturated carbocycles. The molecule has 0 fully saturated rings. The minimum absolute atomic E-state index is 0.212. The highest BCUT2D eigenvalue weighted by atomic mass is 16.5. The maximum absolute atomic E-state index is 13.0. The molecule has 1 aliphatic rings. The minimum Gasteiger partial charge on any atom is -0.494 e. The Morgan fingerprint density at radius 3 is 2.43 bits per heavy atom. The molecule has 2 aromatic carbocycles. The van der Waals surface area contributed by atoms with E-state index in [2.05, 4.69) is 0 Å². The van der Waals surface area contributed by atoms with Crippen molar-refractivity contribution < 1.29 is 19.1 Å².